The Morgan fingerprint density at radius 2 is 1.91 bits per heavy atom. The molecule has 1 saturated heterocycles. The molecule has 2 fully saturated rings. The van der Waals surface area contributed by atoms with Gasteiger partial charge in [-0.1, -0.05) is 13.3 Å². The maximum Gasteiger partial charge on any atom is 0.407 e. The SMILES string of the molecule is CCCCS(=O)(=O)N1CC2(CC(NC(=O)OC(C)(C)C)C2)C1. The third-order valence-electron chi connectivity index (χ3n) is 4.25. The molecule has 0 aromatic carbocycles. The second kappa shape index (κ2) is 6.00. The minimum Gasteiger partial charge on any atom is -0.444 e. The average molecular weight is 332 g/mol. The molecule has 0 atom stereocenters. The minimum atomic E-state index is -3.08. The van der Waals surface area contributed by atoms with Crippen LogP contribution in [0.1, 0.15) is 53.4 Å². The van der Waals surface area contributed by atoms with Crippen molar-refractivity contribution in [3.8, 4) is 0 Å². The Morgan fingerprint density at radius 3 is 2.41 bits per heavy atom. The Bertz CT molecular complexity index is 510. The van der Waals surface area contributed by atoms with Crippen LogP contribution < -0.4 is 5.32 Å². The van der Waals surface area contributed by atoms with Gasteiger partial charge in [0.1, 0.15) is 5.60 Å². The van der Waals surface area contributed by atoms with Crippen molar-refractivity contribution >= 4 is 16.1 Å². The first-order valence-corrected chi connectivity index (χ1v) is 9.64. The molecule has 1 aliphatic carbocycles. The fraction of sp³-hybridized carbons (Fsp3) is 0.933. The van der Waals surface area contributed by atoms with E-state index in [1.165, 1.54) is 0 Å². The van der Waals surface area contributed by atoms with Gasteiger partial charge in [0.15, 0.2) is 0 Å². The number of nitrogens with zero attached hydrogens (tertiary/aromatic N) is 1. The summed E-state index contributed by atoms with van der Waals surface area (Å²) in [6.07, 6.45) is 2.89. The average Bonchev–Trinajstić information content (AvgIpc) is 2.25. The molecular weight excluding hydrogens is 304 g/mol. The standard InChI is InChI=1S/C15H28N2O4S/c1-5-6-7-22(19,20)17-10-15(11-17)8-12(9-15)16-13(18)21-14(2,3)4/h12H,5-11H2,1-4H3,(H,16,18). The van der Waals surface area contributed by atoms with Gasteiger partial charge < -0.3 is 10.1 Å². The Morgan fingerprint density at radius 1 is 1.32 bits per heavy atom. The largest absolute Gasteiger partial charge is 0.444 e. The monoisotopic (exact) mass is 332 g/mol. The molecule has 0 aromatic rings. The quantitative estimate of drug-likeness (QED) is 0.836. The van der Waals surface area contributed by atoms with E-state index in [1.54, 1.807) is 4.31 Å². The van der Waals surface area contributed by atoms with Crippen molar-refractivity contribution in [2.24, 2.45) is 5.41 Å². The Balaban J connectivity index is 1.71. The van der Waals surface area contributed by atoms with Crippen molar-refractivity contribution in [2.45, 2.75) is 65.0 Å². The lowest BCUT2D eigenvalue weighted by Gasteiger charge is -2.58. The highest BCUT2D eigenvalue weighted by molar-refractivity contribution is 7.89. The van der Waals surface area contributed by atoms with Gasteiger partial charge in [0, 0.05) is 24.5 Å². The van der Waals surface area contributed by atoms with Crippen molar-refractivity contribution in [2.75, 3.05) is 18.8 Å². The van der Waals surface area contributed by atoms with Gasteiger partial charge in [-0.25, -0.2) is 17.5 Å². The third-order valence-corrected chi connectivity index (χ3v) is 6.10. The van der Waals surface area contributed by atoms with Crippen LogP contribution in [0.15, 0.2) is 0 Å². The zero-order chi connectivity index (χ0) is 16.6. The molecule has 2 aliphatic rings. The van der Waals surface area contributed by atoms with E-state index < -0.39 is 15.6 Å². The Hall–Kier alpha value is -0.820. The number of ether oxygens (including phenoxy) is 1. The number of amides is 1. The van der Waals surface area contributed by atoms with Crippen molar-refractivity contribution in [1.82, 2.24) is 9.62 Å². The molecular formula is C15H28N2O4S. The van der Waals surface area contributed by atoms with Gasteiger partial charge in [-0.3, -0.25) is 0 Å². The summed E-state index contributed by atoms with van der Waals surface area (Å²) >= 11 is 0. The highest BCUT2D eigenvalue weighted by atomic mass is 32.2. The van der Waals surface area contributed by atoms with Crippen LogP contribution in [0.3, 0.4) is 0 Å². The van der Waals surface area contributed by atoms with Gasteiger partial charge in [-0.05, 0) is 40.0 Å². The van der Waals surface area contributed by atoms with Gasteiger partial charge in [-0.2, -0.15) is 0 Å². The number of sulfonamides is 1. The second-order valence-electron chi connectivity index (χ2n) is 7.69. The lowest BCUT2D eigenvalue weighted by Crippen LogP contribution is -2.67. The molecule has 0 aromatic heterocycles. The van der Waals surface area contributed by atoms with E-state index in [4.69, 9.17) is 4.74 Å². The molecule has 1 spiro atoms. The van der Waals surface area contributed by atoms with Gasteiger partial charge in [0.05, 0.1) is 5.75 Å². The highest BCUT2D eigenvalue weighted by Gasteiger charge is 2.55. The molecule has 128 valence electrons. The summed E-state index contributed by atoms with van der Waals surface area (Å²) in [7, 11) is -3.08. The summed E-state index contributed by atoms with van der Waals surface area (Å²) in [4.78, 5) is 11.7. The molecule has 6 nitrogen and oxygen atoms in total. The molecule has 7 heteroatoms. The van der Waals surface area contributed by atoms with Crippen LogP contribution in [0, 0.1) is 5.41 Å². The lowest BCUT2D eigenvalue weighted by molar-refractivity contribution is -0.0367. The van der Waals surface area contributed by atoms with E-state index in [0.29, 0.717) is 19.5 Å². The van der Waals surface area contributed by atoms with Crippen LogP contribution in [0.25, 0.3) is 0 Å². The van der Waals surface area contributed by atoms with E-state index in [1.807, 2.05) is 27.7 Å². The predicted molar refractivity (Wildman–Crippen MR) is 85.1 cm³/mol. The second-order valence-corrected chi connectivity index (χ2v) is 9.78. The summed E-state index contributed by atoms with van der Waals surface area (Å²) in [5.74, 6) is 0.249. The zero-order valence-electron chi connectivity index (χ0n) is 14.0. The summed E-state index contributed by atoms with van der Waals surface area (Å²) < 4.78 is 30.9. The van der Waals surface area contributed by atoms with E-state index in [0.717, 1.165) is 19.3 Å². The van der Waals surface area contributed by atoms with Gasteiger partial charge in [0.2, 0.25) is 10.0 Å². The number of nitrogens with one attached hydrogen (secondary N) is 1. The van der Waals surface area contributed by atoms with E-state index >= 15 is 0 Å². The highest BCUT2D eigenvalue weighted by Crippen LogP contribution is 2.49. The van der Waals surface area contributed by atoms with E-state index in [9.17, 15) is 13.2 Å². The normalized spacial score (nSPS) is 22.0. The van der Waals surface area contributed by atoms with E-state index in [2.05, 4.69) is 5.32 Å². The summed E-state index contributed by atoms with van der Waals surface area (Å²) in [5, 5.41) is 2.86. The fourth-order valence-corrected chi connectivity index (χ4v) is 5.03. The molecule has 1 saturated carbocycles. The van der Waals surface area contributed by atoms with Crippen LogP contribution in [-0.2, 0) is 14.8 Å². The molecule has 0 bridgehead atoms. The third kappa shape index (κ3) is 4.13. The van der Waals surface area contributed by atoms with E-state index in [-0.39, 0.29) is 23.3 Å². The molecule has 1 N–H and O–H groups in total. The van der Waals surface area contributed by atoms with Crippen LogP contribution >= 0.6 is 0 Å². The number of carbonyl (C=O) groups is 1. The van der Waals surface area contributed by atoms with Gasteiger partial charge in [-0.15, -0.1) is 0 Å². The smallest absolute Gasteiger partial charge is 0.407 e. The van der Waals surface area contributed by atoms with Crippen molar-refractivity contribution in [3.05, 3.63) is 0 Å². The predicted octanol–water partition coefficient (Wildman–Crippen LogP) is 2.11. The maximum absolute atomic E-state index is 12.1. The van der Waals surface area contributed by atoms with Crippen LogP contribution in [-0.4, -0.2) is 49.3 Å². The molecule has 2 rings (SSSR count). The minimum absolute atomic E-state index is 0.0823. The summed E-state index contributed by atoms with van der Waals surface area (Å²) in [5.41, 5.74) is -0.412. The summed E-state index contributed by atoms with van der Waals surface area (Å²) in [6.45, 7) is 8.70. The van der Waals surface area contributed by atoms with Crippen LogP contribution in [0.4, 0.5) is 4.79 Å². The number of rotatable bonds is 5. The Labute approximate surface area is 133 Å². The topological polar surface area (TPSA) is 75.7 Å². The molecule has 22 heavy (non-hydrogen) atoms. The first-order valence-electron chi connectivity index (χ1n) is 8.03. The van der Waals surface area contributed by atoms with Crippen molar-refractivity contribution < 1.29 is 17.9 Å². The van der Waals surface area contributed by atoms with Gasteiger partial charge >= 0.3 is 6.09 Å². The molecule has 1 amide bonds. The number of alkyl carbamates (subject to hydrolysis) is 1. The van der Waals surface area contributed by atoms with Crippen LogP contribution in [0.5, 0.6) is 0 Å². The molecule has 1 heterocycles. The fourth-order valence-electron chi connectivity index (χ4n) is 3.17. The molecule has 0 radical (unpaired) electrons. The van der Waals surface area contributed by atoms with Crippen molar-refractivity contribution in [1.29, 1.82) is 0 Å². The lowest BCUT2D eigenvalue weighted by atomic mass is 9.61. The first-order chi connectivity index (χ1) is 10.1. The Kier molecular flexibility index (Phi) is 4.78. The number of carbonyl (C=O) groups excluding carboxylic acids is 1. The van der Waals surface area contributed by atoms with Gasteiger partial charge in [0.25, 0.3) is 0 Å². The zero-order valence-corrected chi connectivity index (χ0v) is 14.8. The number of hydrogen-bond donors (Lipinski definition) is 1. The number of unbranched alkanes of at least 4 members (excludes halogenated alkanes) is 1. The summed E-state index contributed by atoms with van der Waals surface area (Å²) in [6, 6.07) is 0.107. The number of hydrogen-bond acceptors (Lipinski definition) is 4. The first kappa shape index (κ1) is 17.5. The maximum atomic E-state index is 12.1. The van der Waals surface area contributed by atoms with Crippen molar-refractivity contribution in [3.63, 3.8) is 0 Å². The molecule has 1 aliphatic heterocycles. The molecule has 0 unspecified atom stereocenters. The van der Waals surface area contributed by atoms with Crippen LogP contribution in [0.2, 0.25) is 0 Å².